The van der Waals surface area contributed by atoms with Crippen LogP contribution in [0.4, 0.5) is 17.6 Å². The van der Waals surface area contributed by atoms with Crippen molar-refractivity contribution in [3.63, 3.8) is 0 Å². The second kappa shape index (κ2) is 9.35. The molecule has 0 aliphatic heterocycles. The third kappa shape index (κ3) is 5.67. The number of alkyl halides is 3. The van der Waals surface area contributed by atoms with Gasteiger partial charge >= 0.3 is 6.36 Å². The van der Waals surface area contributed by atoms with Gasteiger partial charge in [0.25, 0.3) is 0 Å². The number of tetrazole rings is 1. The lowest BCUT2D eigenvalue weighted by atomic mass is 9.89. The van der Waals surface area contributed by atoms with Crippen LogP contribution in [0.15, 0.2) is 67.1 Å². The topological polar surface area (TPSA) is 86.0 Å². The molecular formula is C22H16ClF4N5O2. The van der Waals surface area contributed by atoms with Gasteiger partial charge in [-0.05, 0) is 51.9 Å². The molecule has 1 unspecified atom stereocenters. The predicted octanol–water partition coefficient (Wildman–Crippen LogP) is 4.56. The minimum Gasteiger partial charge on any atom is -0.406 e. The van der Waals surface area contributed by atoms with Crippen LogP contribution in [0.1, 0.15) is 11.3 Å². The highest BCUT2D eigenvalue weighted by Gasteiger charge is 2.34. The van der Waals surface area contributed by atoms with Gasteiger partial charge in [-0.1, -0.05) is 35.9 Å². The van der Waals surface area contributed by atoms with Crippen molar-refractivity contribution >= 4 is 11.6 Å². The van der Waals surface area contributed by atoms with Crippen molar-refractivity contribution in [1.82, 2.24) is 25.2 Å². The van der Waals surface area contributed by atoms with Crippen molar-refractivity contribution in [1.29, 1.82) is 0 Å². The number of halogens is 5. The fourth-order valence-corrected chi connectivity index (χ4v) is 3.58. The number of nitrogens with zero attached hydrogens (tertiary/aromatic N) is 5. The van der Waals surface area contributed by atoms with Crippen LogP contribution in [0.3, 0.4) is 0 Å². The zero-order valence-electron chi connectivity index (χ0n) is 17.2. The summed E-state index contributed by atoms with van der Waals surface area (Å²) in [4.78, 5) is 4.34. The lowest BCUT2D eigenvalue weighted by molar-refractivity contribution is -0.274. The Labute approximate surface area is 195 Å². The number of aromatic nitrogens is 5. The van der Waals surface area contributed by atoms with Gasteiger partial charge in [0.05, 0.1) is 12.2 Å². The molecule has 12 heteroatoms. The van der Waals surface area contributed by atoms with Gasteiger partial charge in [0.2, 0.25) is 0 Å². The zero-order chi connectivity index (χ0) is 24.3. The fourth-order valence-electron chi connectivity index (χ4n) is 3.42. The highest BCUT2D eigenvalue weighted by Crippen LogP contribution is 2.31. The van der Waals surface area contributed by atoms with E-state index in [1.54, 1.807) is 12.1 Å². The molecule has 176 valence electrons. The van der Waals surface area contributed by atoms with Crippen LogP contribution in [-0.4, -0.2) is 36.7 Å². The smallest absolute Gasteiger partial charge is 0.406 e. The van der Waals surface area contributed by atoms with E-state index in [4.69, 9.17) is 11.6 Å². The molecule has 4 aromatic rings. The fraction of sp³-hybridized carbons (Fsp3) is 0.182. The summed E-state index contributed by atoms with van der Waals surface area (Å²) >= 11 is 5.83. The third-order valence-corrected chi connectivity index (χ3v) is 5.21. The van der Waals surface area contributed by atoms with E-state index >= 15 is 0 Å². The van der Waals surface area contributed by atoms with Crippen LogP contribution in [0.5, 0.6) is 5.75 Å². The van der Waals surface area contributed by atoms with E-state index in [-0.39, 0.29) is 35.0 Å². The van der Waals surface area contributed by atoms with Gasteiger partial charge in [0, 0.05) is 23.2 Å². The summed E-state index contributed by atoms with van der Waals surface area (Å²) < 4.78 is 56.7. The number of benzene rings is 2. The Morgan fingerprint density at radius 3 is 2.32 bits per heavy atom. The Bertz CT molecular complexity index is 1250. The highest BCUT2D eigenvalue weighted by molar-refractivity contribution is 6.30. The van der Waals surface area contributed by atoms with Gasteiger partial charge in [-0.3, -0.25) is 4.98 Å². The van der Waals surface area contributed by atoms with Gasteiger partial charge in [0.1, 0.15) is 23.5 Å². The Balaban J connectivity index is 1.61. The van der Waals surface area contributed by atoms with E-state index in [0.717, 1.165) is 6.07 Å². The SMILES string of the molecule is OC(Cc1ccc(Cl)cc1F)(Cn1cnnn1)c1ccc(-c2ccc(OC(F)(F)F)cc2)cn1. The number of rotatable bonds is 7. The standard InChI is InChI=1S/C22H16ClF4N5O2/c23-17-5-1-15(19(24)9-17)10-21(33,12-32-13-29-30-31-32)20-8-4-16(11-28-20)14-2-6-18(7-3-14)34-22(25,26)27/h1-9,11,13,33H,10,12H2. The van der Waals surface area contributed by atoms with Crippen LogP contribution < -0.4 is 4.74 Å². The minimum absolute atomic E-state index is 0.113. The normalized spacial score (nSPS) is 13.5. The van der Waals surface area contributed by atoms with Gasteiger partial charge in [-0.15, -0.1) is 18.3 Å². The first-order valence-corrected chi connectivity index (χ1v) is 10.2. The Hall–Kier alpha value is -3.57. The van der Waals surface area contributed by atoms with Crippen molar-refractivity contribution in [3.05, 3.63) is 89.2 Å². The van der Waals surface area contributed by atoms with E-state index in [9.17, 15) is 22.7 Å². The molecule has 2 heterocycles. The number of hydrogen-bond donors (Lipinski definition) is 1. The second-order valence-corrected chi connectivity index (χ2v) is 7.89. The number of hydrogen-bond acceptors (Lipinski definition) is 6. The summed E-state index contributed by atoms with van der Waals surface area (Å²) in [6.07, 6.45) is -2.16. The number of pyridine rings is 1. The molecule has 0 amide bonds. The van der Waals surface area contributed by atoms with Crippen molar-refractivity contribution in [3.8, 4) is 16.9 Å². The largest absolute Gasteiger partial charge is 0.573 e. The molecule has 2 aromatic heterocycles. The van der Waals surface area contributed by atoms with Crippen molar-refractivity contribution in [2.45, 2.75) is 24.9 Å². The van der Waals surface area contributed by atoms with E-state index in [1.165, 1.54) is 53.6 Å². The third-order valence-electron chi connectivity index (χ3n) is 4.97. The molecule has 7 nitrogen and oxygen atoms in total. The van der Waals surface area contributed by atoms with E-state index in [1.807, 2.05) is 0 Å². The van der Waals surface area contributed by atoms with E-state index in [0.29, 0.717) is 11.1 Å². The summed E-state index contributed by atoms with van der Waals surface area (Å²) in [5.74, 6) is -0.929. The van der Waals surface area contributed by atoms with Gasteiger partial charge in [-0.25, -0.2) is 9.07 Å². The molecular weight excluding hydrogens is 478 g/mol. The maximum absolute atomic E-state index is 14.5. The quantitative estimate of drug-likeness (QED) is 0.380. The molecule has 1 N–H and O–H groups in total. The van der Waals surface area contributed by atoms with Crippen LogP contribution in [0, 0.1) is 5.82 Å². The summed E-state index contributed by atoms with van der Waals surface area (Å²) in [6.45, 7) is -0.113. The Morgan fingerprint density at radius 1 is 1.00 bits per heavy atom. The molecule has 0 saturated carbocycles. The van der Waals surface area contributed by atoms with Crippen LogP contribution in [0.25, 0.3) is 11.1 Å². The van der Waals surface area contributed by atoms with Crippen molar-refractivity contribution < 1.29 is 27.4 Å². The molecule has 0 saturated heterocycles. The average Bonchev–Trinajstić information content (AvgIpc) is 3.28. The van der Waals surface area contributed by atoms with Crippen LogP contribution >= 0.6 is 11.6 Å². The predicted molar refractivity (Wildman–Crippen MR) is 113 cm³/mol. The van der Waals surface area contributed by atoms with Gasteiger partial charge < -0.3 is 9.84 Å². The maximum Gasteiger partial charge on any atom is 0.573 e. The second-order valence-electron chi connectivity index (χ2n) is 7.46. The van der Waals surface area contributed by atoms with Gasteiger partial charge in [0.15, 0.2) is 0 Å². The summed E-state index contributed by atoms with van der Waals surface area (Å²) in [7, 11) is 0. The van der Waals surface area contributed by atoms with Crippen LogP contribution in [-0.2, 0) is 18.6 Å². The highest BCUT2D eigenvalue weighted by atomic mass is 35.5. The molecule has 0 spiro atoms. The average molecular weight is 494 g/mol. The maximum atomic E-state index is 14.5. The first kappa shape index (κ1) is 23.6. The first-order chi connectivity index (χ1) is 16.1. The van der Waals surface area contributed by atoms with Crippen molar-refractivity contribution in [2.24, 2.45) is 0 Å². The molecule has 1 atom stereocenters. The summed E-state index contributed by atoms with van der Waals surface area (Å²) in [6, 6.07) is 12.6. The number of aliphatic hydroxyl groups is 1. The summed E-state index contributed by atoms with van der Waals surface area (Å²) in [5, 5.41) is 22.6. The van der Waals surface area contributed by atoms with E-state index in [2.05, 4.69) is 25.2 Å². The molecule has 4 rings (SSSR count). The molecule has 0 aliphatic rings. The Morgan fingerprint density at radius 2 is 1.74 bits per heavy atom. The first-order valence-electron chi connectivity index (χ1n) is 9.81. The summed E-state index contributed by atoms with van der Waals surface area (Å²) in [5.41, 5.74) is -0.0807. The molecule has 34 heavy (non-hydrogen) atoms. The molecule has 2 aromatic carbocycles. The van der Waals surface area contributed by atoms with Gasteiger partial charge in [-0.2, -0.15) is 0 Å². The lowest BCUT2D eigenvalue weighted by Gasteiger charge is -2.28. The van der Waals surface area contributed by atoms with Crippen LogP contribution in [0.2, 0.25) is 5.02 Å². The molecule has 0 fully saturated rings. The molecule has 0 bridgehead atoms. The monoisotopic (exact) mass is 493 g/mol. The van der Waals surface area contributed by atoms with Crippen molar-refractivity contribution in [2.75, 3.05) is 0 Å². The Kier molecular flexibility index (Phi) is 6.49. The minimum atomic E-state index is -4.78. The molecule has 0 radical (unpaired) electrons. The molecule has 0 aliphatic carbocycles. The van der Waals surface area contributed by atoms with E-state index < -0.39 is 17.8 Å². The number of ether oxygens (including phenoxy) is 1. The lowest BCUT2D eigenvalue weighted by Crippen LogP contribution is -2.35. The zero-order valence-corrected chi connectivity index (χ0v) is 18.0.